The Hall–Kier alpha value is -1.95. The molecule has 0 radical (unpaired) electrons. The summed E-state index contributed by atoms with van der Waals surface area (Å²) in [5, 5.41) is 52.9. The Bertz CT molecular complexity index is 642. The third-order valence-corrected chi connectivity index (χ3v) is 3.81. The fourth-order valence-electron chi connectivity index (χ4n) is 2.39. The quantitative estimate of drug-likeness (QED) is 0.323. The molecule has 25 heavy (non-hydrogen) atoms. The second-order valence-electron chi connectivity index (χ2n) is 5.51. The Morgan fingerprint density at radius 3 is 2.24 bits per heavy atom. The Kier molecular flexibility index (Phi) is 5.83. The molecule has 7 N–H and O–H groups in total. The van der Waals surface area contributed by atoms with Gasteiger partial charge >= 0.3 is 12.0 Å². The monoisotopic (exact) mass is 376 g/mol. The lowest BCUT2D eigenvalue weighted by molar-refractivity contribution is -0.188. The summed E-state index contributed by atoms with van der Waals surface area (Å²) < 4.78 is 4.80. The van der Waals surface area contributed by atoms with E-state index in [2.05, 4.69) is 5.32 Å². The van der Waals surface area contributed by atoms with Gasteiger partial charge in [-0.1, -0.05) is 11.6 Å². The SMILES string of the molecule is O=C(O)C[C@](O)(NC(=O)Nc1ccc(Cl)cc1)[C@H]1O[C@H](O)[C@@H](O)[C@H]1O. The first-order valence-corrected chi connectivity index (χ1v) is 7.49. The minimum absolute atomic E-state index is 0.299. The van der Waals surface area contributed by atoms with Crippen LogP contribution in [-0.2, 0) is 9.53 Å². The second kappa shape index (κ2) is 7.52. The van der Waals surface area contributed by atoms with E-state index in [0.717, 1.165) is 0 Å². The minimum Gasteiger partial charge on any atom is -0.481 e. The smallest absolute Gasteiger partial charge is 0.321 e. The largest absolute Gasteiger partial charge is 0.481 e. The fraction of sp³-hybridized carbons (Fsp3) is 0.429. The maximum Gasteiger partial charge on any atom is 0.321 e. The van der Waals surface area contributed by atoms with Gasteiger partial charge in [-0.2, -0.15) is 0 Å². The van der Waals surface area contributed by atoms with Crippen LogP contribution < -0.4 is 10.6 Å². The summed E-state index contributed by atoms with van der Waals surface area (Å²) in [6.07, 6.45) is -8.27. The van der Waals surface area contributed by atoms with Gasteiger partial charge in [0, 0.05) is 10.7 Å². The Balaban J connectivity index is 2.15. The van der Waals surface area contributed by atoms with E-state index in [-0.39, 0.29) is 0 Å². The van der Waals surface area contributed by atoms with Crippen molar-refractivity contribution in [2.24, 2.45) is 0 Å². The first-order valence-electron chi connectivity index (χ1n) is 7.11. The number of hydrogen-bond acceptors (Lipinski definition) is 7. The van der Waals surface area contributed by atoms with Crippen LogP contribution in [0.4, 0.5) is 10.5 Å². The number of amides is 2. The van der Waals surface area contributed by atoms with Crippen molar-refractivity contribution < 1.29 is 39.9 Å². The Morgan fingerprint density at radius 1 is 1.16 bits per heavy atom. The molecule has 0 aliphatic carbocycles. The topological polar surface area (TPSA) is 169 Å². The average molecular weight is 377 g/mol. The Labute approximate surface area is 146 Å². The van der Waals surface area contributed by atoms with Gasteiger partial charge in [0.2, 0.25) is 0 Å². The number of carboxylic acids is 1. The summed E-state index contributed by atoms with van der Waals surface area (Å²) >= 11 is 5.72. The van der Waals surface area contributed by atoms with Gasteiger partial charge in [-0.05, 0) is 24.3 Å². The van der Waals surface area contributed by atoms with Crippen molar-refractivity contribution in [3.8, 4) is 0 Å². The summed E-state index contributed by atoms with van der Waals surface area (Å²) in [4.78, 5) is 23.1. The number of carbonyl (C=O) groups excluding carboxylic acids is 1. The molecule has 11 heteroatoms. The zero-order chi connectivity index (χ0) is 18.8. The van der Waals surface area contributed by atoms with Crippen LogP contribution in [0.15, 0.2) is 24.3 Å². The number of aliphatic hydroxyl groups excluding tert-OH is 3. The van der Waals surface area contributed by atoms with Gasteiger partial charge in [0.25, 0.3) is 0 Å². The standard InChI is InChI=1S/C14H17ClN2O8/c15-6-1-3-7(4-2-6)16-13(23)17-14(24,5-8(18)19)11-9(20)10(21)12(22)25-11/h1-4,9-12,20-22,24H,5H2,(H,18,19)(H2,16,17,23)/t9-,10+,11+,12+,14-/m1/s1. The number of carbonyl (C=O) groups is 2. The minimum atomic E-state index is -2.60. The molecular formula is C14H17ClN2O8. The predicted molar refractivity (Wildman–Crippen MR) is 83.7 cm³/mol. The number of aliphatic carboxylic acids is 1. The molecule has 1 fully saturated rings. The molecule has 1 heterocycles. The van der Waals surface area contributed by atoms with E-state index < -0.39 is 48.7 Å². The predicted octanol–water partition coefficient (Wildman–Crippen LogP) is -0.936. The van der Waals surface area contributed by atoms with Crippen LogP contribution in [0.5, 0.6) is 0 Å². The number of urea groups is 1. The van der Waals surface area contributed by atoms with Gasteiger partial charge < -0.3 is 40.9 Å². The lowest BCUT2D eigenvalue weighted by Crippen LogP contribution is -2.62. The normalized spacial score (nSPS) is 28.2. The maximum atomic E-state index is 12.1. The van der Waals surface area contributed by atoms with E-state index in [1.54, 1.807) is 0 Å². The third kappa shape index (κ3) is 4.57. The highest BCUT2D eigenvalue weighted by atomic mass is 35.5. The molecule has 10 nitrogen and oxygen atoms in total. The van der Waals surface area contributed by atoms with Crippen molar-refractivity contribution in [3.63, 3.8) is 0 Å². The van der Waals surface area contributed by atoms with E-state index >= 15 is 0 Å². The van der Waals surface area contributed by atoms with Crippen LogP contribution in [0.2, 0.25) is 5.02 Å². The molecule has 1 saturated heterocycles. The molecular weight excluding hydrogens is 360 g/mol. The van der Waals surface area contributed by atoms with Crippen LogP contribution in [0.1, 0.15) is 6.42 Å². The number of anilines is 1. The van der Waals surface area contributed by atoms with Crippen molar-refractivity contribution >= 4 is 29.3 Å². The Morgan fingerprint density at radius 2 is 1.76 bits per heavy atom. The van der Waals surface area contributed by atoms with Crippen LogP contribution in [0, 0.1) is 0 Å². The summed E-state index contributed by atoms with van der Waals surface area (Å²) in [5.74, 6) is -1.51. The molecule has 2 amide bonds. The van der Waals surface area contributed by atoms with Gasteiger partial charge in [-0.25, -0.2) is 4.79 Å². The summed E-state index contributed by atoms with van der Waals surface area (Å²) in [6, 6.07) is 4.92. The van der Waals surface area contributed by atoms with Gasteiger partial charge in [0.15, 0.2) is 12.0 Å². The van der Waals surface area contributed by atoms with E-state index in [4.69, 9.17) is 21.4 Å². The first-order chi connectivity index (χ1) is 11.6. The second-order valence-corrected chi connectivity index (χ2v) is 5.95. The molecule has 1 aromatic carbocycles. The average Bonchev–Trinajstić information content (AvgIpc) is 2.77. The van der Waals surface area contributed by atoms with Crippen molar-refractivity contribution in [1.82, 2.24) is 5.32 Å². The summed E-state index contributed by atoms with van der Waals surface area (Å²) in [7, 11) is 0. The highest BCUT2D eigenvalue weighted by molar-refractivity contribution is 6.30. The zero-order valence-corrected chi connectivity index (χ0v) is 13.4. The molecule has 0 spiro atoms. The number of rotatable bonds is 5. The number of aliphatic hydroxyl groups is 4. The molecule has 0 saturated carbocycles. The molecule has 1 aliphatic heterocycles. The van der Waals surface area contributed by atoms with E-state index in [0.29, 0.717) is 10.7 Å². The summed E-state index contributed by atoms with van der Waals surface area (Å²) in [6.45, 7) is 0. The summed E-state index contributed by atoms with van der Waals surface area (Å²) in [5.41, 5.74) is -2.30. The van der Waals surface area contributed by atoms with Crippen molar-refractivity contribution in [2.75, 3.05) is 5.32 Å². The number of benzene rings is 1. The fourth-order valence-corrected chi connectivity index (χ4v) is 2.52. The molecule has 138 valence electrons. The van der Waals surface area contributed by atoms with Crippen LogP contribution >= 0.6 is 11.6 Å². The number of nitrogens with one attached hydrogen (secondary N) is 2. The lowest BCUT2D eigenvalue weighted by atomic mass is 9.97. The van der Waals surface area contributed by atoms with Crippen molar-refractivity contribution in [2.45, 2.75) is 36.7 Å². The van der Waals surface area contributed by atoms with Gasteiger partial charge in [0.05, 0.1) is 6.42 Å². The van der Waals surface area contributed by atoms with E-state index in [9.17, 15) is 30.0 Å². The highest BCUT2D eigenvalue weighted by Crippen LogP contribution is 2.29. The number of ether oxygens (including phenoxy) is 1. The molecule has 2 rings (SSSR count). The van der Waals surface area contributed by atoms with Crippen molar-refractivity contribution in [1.29, 1.82) is 0 Å². The number of halogens is 1. The molecule has 1 aliphatic rings. The van der Waals surface area contributed by atoms with E-state index in [1.807, 2.05) is 5.32 Å². The molecule has 0 bridgehead atoms. The van der Waals surface area contributed by atoms with Crippen LogP contribution in [-0.4, -0.2) is 67.9 Å². The third-order valence-electron chi connectivity index (χ3n) is 3.56. The molecule has 5 atom stereocenters. The molecule has 0 unspecified atom stereocenters. The van der Waals surface area contributed by atoms with E-state index in [1.165, 1.54) is 24.3 Å². The van der Waals surface area contributed by atoms with Crippen molar-refractivity contribution in [3.05, 3.63) is 29.3 Å². The van der Waals surface area contributed by atoms with Gasteiger partial charge in [0.1, 0.15) is 18.3 Å². The van der Waals surface area contributed by atoms with Gasteiger partial charge in [-0.15, -0.1) is 0 Å². The zero-order valence-electron chi connectivity index (χ0n) is 12.7. The van der Waals surface area contributed by atoms with Gasteiger partial charge in [-0.3, -0.25) is 4.79 Å². The maximum absolute atomic E-state index is 12.1. The van der Waals surface area contributed by atoms with Crippen LogP contribution in [0.3, 0.4) is 0 Å². The highest BCUT2D eigenvalue weighted by Gasteiger charge is 2.54. The number of hydrogen-bond donors (Lipinski definition) is 7. The number of carboxylic acid groups (broad SMARTS) is 1. The molecule has 0 aromatic heterocycles. The first kappa shape index (κ1) is 19.4. The van der Waals surface area contributed by atoms with Crippen LogP contribution in [0.25, 0.3) is 0 Å². The molecule has 1 aromatic rings. The lowest BCUT2D eigenvalue weighted by Gasteiger charge is -2.34.